The lowest BCUT2D eigenvalue weighted by atomic mass is 9.84. The average Bonchev–Trinajstić information content (AvgIpc) is 2.71. The molecule has 0 aliphatic rings. The lowest BCUT2D eigenvalue weighted by Gasteiger charge is -2.30. The van der Waals surface area contributed by atoms with Crippen molar-refractivity contribution in [3.63, 3.8) is 0 Å². The van der Waals surface area contributed by atoms with E-state index in [1.807, 2.05) is 0 Å². The molecule has 0 radical (unpaired) electrons. The number of hydrogen-bond acceptors (Lipinski definition) is 3. The van der Waals surface area contributed by atoms with Gasteiger partial charge in [-0.1, -0.05) is 79.7 Å². The van der Waals surface area contributed by atoms with Crippen LogP contribution in [0.4, 0.5) is 0 Å². The highest BCUT2D eigenvalue weighted by Crippen LogP contribution is 2.29. The zero-order valence-electron chi connectivity index (χ0n) is 20.8. The summed E-state index contributed by atoms with van der Waals surface area (Å²) in [7, 11) is 0. The molecule has 3 heteroatoms. The quantitative estimate of drug-likeness (QED) is 0.365. The second kappa shape index (κ2) is 11.0. The predicted molar refractivity (Wildman–Crippen MR) is 130 cm³/mol. The van der Waals surface area contributed by atoms with E-state index in [1.54, 1.807) is 0 Å². The Balaban J connectivity index is 1.89. The largest absolute Gasteiger partial charge is 0.493 e. The summed E-state index contributed by atoms with van der Waals surface area (Å²) in [4.78, 5) is 0. The van der Waals surface area contributed by atoms with Crippen LogP contribution in [-0.4, -0.2) is 26.4 Å². The Morgan fingerprint density at radius 1 is 0.581 bits per heavy atom. The molecular formula is C28H42O3. The van der Waals surface area contributed by atoms with Gasteiger partial charge in [0.15, 0.2) is 0 Å². The third-order valence-electron chi connectivity index (χ3n) is 5.36. The third kappa shape index (κ3) is 8.22. The van der Waals surface area contributed by atoms with Gasteiger partial charge in [-0.3, -0.25) is 0 Å². The van der Waals surface area contributed by atoms with Crippen LogP contribution in [0.5, 0.6) is 11.5 Å². The van der Waals surface area contributed by atoms with Crippen LogP contribution in [0.3, 0.4) is 0 Å². The van der Waals surface area contributed by atoms with Crippen LogP contribution in [-0.2, 0) is 15.6 Å². The van der Waals surface area contributed by atoms with Crippen LogP contribution in [0.1, 0.15) is 66.5 Å². The Bertz CT molecular complexity index is 703. The SMILES string of the molecule is CC(C)COc1ccc(C(C)(C)COCC(C)(C)c2ccc(OCC(C)C)cc2)cc1. The summed E-state index contributed by atoms with van der Waals surface area (Å²) in [6.45, 7) is 20.4. The molecule has 2 rings (SSSR count). The highest BCUT2D eigenvalue weighted by atomic mass is 16.5. The van der Waals surface area contributed by atoms with Crippen molar-refractivity contribution in [2.24, 2.45) is 11.8 Å². The Morgan fingerprint density at radius 3 is 1.19 bits per heavy atom. The number of benzene rings is 2. The van der Waals surface area contributed by atoms with Crippen molar-refractivity contribution in [1.29, 1.82) is 0 Å². The van der Waals surface area contributed by atoms with E-state index in [1.165, 1.54) is 11.1 Å². The van der Waals surface area contributed by atoms with Crippen LogP contribution >= 0.6 is 0 Å². The van der Waals surface area contributed by atoms with Gasteiger partial charge < -0.3 is 14.2 Å². The topological polar surface area (TPSA) is 27.7 Å². The molecule has 0 aromatic heterocycles. The van der Waals surface area contributed by atoms with Gasteiger partial charge in [-0.2, -0.15) is 0 Å². The molecular weight excluding hydrogens is 384 g/mol. The molecule has 0 heterocycles. The van der Waals surface area contributed by atoms with Crippen LogP contribution in [0, 0.1) is 11.8 Å². The fraction of sp³-hybridized carbons (Fsp3) is 0.571. The molecule has 0 N–H and O–H groups in total. The molecule has 3 nitrogen and oxygen atoms in total. The highest BCUT2D eigenvalue weighted by Gasteiger charge is 2.25. The van der Waals surface area contributed by atoms with Crippen molar-refractivity contribution in [3.05, 3.63) is 59.7 Å². The average molecular weight is 427 g/mol. The van der Waals surface area contributed by atoms with E-state index in [2.05, 4.69) is 104 Å². The summed E-state index contributed by atoms with van der Waals surface area (Å²) >= 11 is 0. The Kier molecular flexibility index (Phi) is 9.00. The number of ether oxygens (including phenoxy) is 3. The van der Waals surface area contributed by atoms with Crippen LogP contribution in [0.25, 0.3) is 0 Å². The Hall–Kier alpha value is -2.00. The Labute approximate surface area is 190 Å². The molecule has 0 amide bonds. The minimum absolute atomic E-state index is 0.0683. The molecule has 2 aromatic carbocycles. The number of rotatable bonds is 12. The summed E-state index contributed by atoms with van der Waals surface area (Å²) in [5, 5.41) is 0. The lowest BCUT2D eigenvalue weighted by Crippen LogP contribution is -2.30. The monoisotopic (exact) mass is 426 g/mol. The van der Waals surface area contributed by atoms with E-state index in [9.17, 15) is 0 Å². The molecule has 0 bridgehead atoms. The molecule has 31 heavy (non-hydrogen) atoms. The zero-order chi connectivity index (χ0) is 23.1. The molecule has 0 aliphatic heterocycles. The summed E-state index contributed by atoms with van der Waals surface area (Å²) in [5.74, 6) is 2.90. The minimum atomic E-state index is -0.0683. The maximum Gasteiger partial charge on any atom is 0.119 e. The third-order valence-corrected chi connectivity index (χ3v) is 5.36. The fourth-order valence-corrected chi connectivity index (χ4v) is 3.26. The number of hydrogen-bond donors (Lipinski definition) is 0. The first-order chi connectivity index (χ1) is 14.5. The fourth-order valence-electron chi connectivity index (χ4n) is 3.26. The van der Waals surface area contributed by atoms with Gasteiger partial charge >= 0.3 is 0 Å². The van der Waals surface area contributed by atoms with Gasteiger partial charge in [0.05, 0.1) is 26.4 Å². The molecule has 0 atom stereocenters. The first-order valence-corrected chi connectivity index (χ1v) is 11.5. The maximum atomic E-state index is 6.23. The van der Waals surface area contributed by atoms with Crippen molar-refractivity contribution >= 4 is 0 Å². The Morgan fingerprint density at radius 2 is 0.903 bits per heavy atom. The van der Waals surface area contributed by atoms with Crippen molar-refractivity contribution in [2.75, 3.05) is 26.4 Å². The molecule has 0 saturated heterocycles. The van der Waals surface area contributed by atoms with Crippen LogP contribution in [0.2, 0.25) is 0 Å². The molecule has 0 fully saturated rings. The van der Waals surface area contributed by atoms with E-state index in [0.717, 1.165) is 24.7 Å². The predicted octanol–water partition coefficient (Wildman–Crippen LogP) is 7.03. The van der Waals surface area contributed by atoms with Crippen LogP contribution in [0.15, 0.2) is 48.5 Å². The van der Waals surface area contributed by atoms with Gasteiger partial charge in [-0.05, 0) is 47.2 Å². The first-order valence-electron chi connectivity index (χ1n) is 11.5. The van der Waals surface area contributed by atoms with Gasteiger partial charge in [-0.15, -0.1) is 0 Å². The van der Waals surface area contributed by atoms with Gasteiger partial charge in [-0.25, -0.2) is 0 Å². The highest BCUT2D eigenvalue weighted by molar-refractivity contribution is 5.33. The summed E-state index contributed by atoms with van der Waals surface area (Å²) in [5.41, 5.74) is 2.38. The lowest BCUT2D eigenvalue weighted by molar-refractivity contribution is 0.0633. The van der Waals surface area contributed by atoms with Crippen molar-refractivity contribution in [2.45, 2.75) is 66.2 Å². The van der Waals surface area contributed by atoms with Crippen molar-refractivity contribution in [3.8, 4) is 11.5 Å². The smallest absolute Gasteiger partial charge is 0.119 e. The van der Waals surface area contributed by atoms with Crippen LogP contribution < -0.4 is 9.47 Å². The summed E-state index contributed by atoms with van der Waals surface area (Å²) in [6, 6.07) is 16.9. The van der Waals surface area contributed by atoms with E-state index in [4.69, 9.17) is 14.2 Å². The van der Waals surface area contributed by atoms with Crippen molar-refractivity contribution in [1.82, 2.24) is 0 Å². The molecule has 0 aliphatic carbocycles. The summed E-state index contributed by atoms with van der Waals surface area (Å²) in [6.07, 6.45) is 0. The molecule has 0 unspecified atom stereocenters. The second-order valence-corrected chi connectivity index (χ2v) is 10.7. The van der Waals surface area contributed by atoms with Gasteiger partial charge in [0.2, 0.25) is 0 Å². The van der Waals surface area contributed by atoms with E-state index in [0.29, 0.717) is 25.0 Å². The first kappa shape index (κ1) is 25.3. The molecule has 0 saturated carbocycles. The van der Waals surface area contributed by atoms with Gasteiger partial charge in [0.1, 0.15) is 11.5 Å². The molecule has 2 aromatic rings. The molecule has 172 valence electrons. The summed E-state index contributed by atoms with van der Waals surface area (Å²) < 4.78 is 17.8. The van der Waals surface area contributed by atoms with Crippen molar-refractivity contribution < 1.29 is 14.2 Å². The maximum absolute atomic E-state index is 6.23. The van der Waals surface area contributed by atoms with Gasteiger partial charge in [0.25, 0.3) is 0 Å². The van der Waals surface area contributed by atoms with E-state index >= 15 is 0 Å². The second-order valence-electron chi connectivity index (χ2n) is 10.7. The molecule has 0 spiro atoms. The minimum Gasteiger partial charge on any atom is -0.493 e. The standard InChI is InChI=1S/C28H42O3/c1-21(2)17-30-25-13-9-23(10-14-25)27(5,6)19-29-20-28(7,8)24-11-15-26(16-12-24)31-18-22(3)4/h9-16,21-22H,17-20H2,1-8H3. The van der Waals surface area contributed by atoms with Gasteiger partial charge in [0, 0.05) is 10.8 Å². The van der Waals surface area contributed by atoms with E-state index < -0.39 is 0 Å². The zero-order valence-corrected chi connectivity index (χ0v) is 20.8. The normalized spacial score (nSPS) is 12.5. The van der Waals surface area contributed by atoms with E-state index in [-0.39, 0.29) is 10.8 Å².